The summed E-state index contributed by atoms with van der Waals surface area (Å²) in [5.41, 5.74) is 2.20. The molecule has 1 saturated heterocycles. The van der Waals surface area contributed by atoms with Crippen molar-refractivity contribution >= 4 is 11.8 Å². The third-order valence-corrected chi connectivity index (χ3v) is 5.53. The maximum Gasteiger partial charge on any atom is 0.289 e. The van der Waals surface area contributed by atoms with Crippen molar-refractivity contribution in [3.8, 4) is 0 Å². The summed E-state index contributed by atoms with van der Waals surface area (Å²) in [7, 11) is 0. The summed E-state index contributed by atoms with van der Waals surface area (Å²) >= 11 is 0. The van der Waals surface area contributed by atoms with Crippen molar-refractivity contribution < 1.29 is 14.0 Å². The Morgan fingerprint density at radius 2 is 1.75 bits per heavy atom. The number of rotatable bonds is 5. The maximum absolute atomic E-state index is 13.0. The molecule has 0 radical (unpaired) electrons. The first kappa shape index (κ1) is 18.7. The van der Waals surface area contributed by atoms with Crippen LogP contribution in [-0.4, -0.2) is 45.9 Å². The Morgan fingerprint density at radius 1 is 1.04 bits per heavy atom. The minimum absolute atomic E-state index is 0.0639. The molecule has 3 heterocycles. The van der Waals surface area contributed by atoms with Crippen molar-refractivity contribution in [1.82, 2.24) is 19.8 Å². The number of aromatic nitrogens is 2. The molecule has 2 aliphatic heterocycles. The van der Waals surface area contributed by atoms with E-state index in [4.69, 9.17) is 0 Å². The van der Waals surface area contributed by atoms with Crippen molar-refractivity contribution in [3.05, 3.63) is 52.9 Å². The van der Waals surface area contributed by atoms with Gasteiger partial charge in [-0.3, -0.25) is 9.59 Å². The summed E-state index contributed by atoms with van der Waals surface area (Å²) in [6, 6.07) is 6.26. The third-order valence-electron chi connectivity index (χ3n) is 5.53. The predicted molar refractivity (Wildman–Crippen MR) is 103 cm³/mol. The largest absolute Gasteiger partial charge is 0.350 e. The summed E-state index contributed by atoms with van der Waals surface area (Å²) in [6.45, 7) is 2.70. The summed E-state index contributed by atoms with van der Waals surface area (Å²) in [4.78, 5) is 31.9. The monoisotopic (exact) mass is 384 g/mol. The Hall–Kier alpha value is -2.70. The highest BCUT2D eigenvalue weighted by Crippen LogP contribution is 2.23. The molecule has 1 N–H and O–H groups in total. The predicted octanol–water partition coefficient (Wildman–Crippen LogP) is 2.57. The number of likely N-dealkylation sites (tertiary alicyclic amines) is 1. The molecule has 1 aromatic carbocycles. The molecule has 2 aliphatic rings. The molecule has 0 saturated carbocycles. The first-order chi connectivity index (χ1) is 13.6. The average molecular weight is 384 g/mol. The van der Waals surface area contributed by atoms with E-state index in [2.05, 4.69) is 10.3 Å². The molecule has 6 nitrogen and oxygen atoms in total. The van der Waals surface area contributed by atoms with Crippen LogP contribution in [0.5, 0.6) is 0 Å². The lowest BCUT2D eigenvalue weighted by molar-refractivity contribution is 0.0774. The number of imidazole rings is 1. The van der Waals surface area contributed by atoms with E-state index >= 15 is 0 Å². The van der Waals surface area contributed by atoms with E-state index in [1.165, 1.54) is 12.1 Å². The van der Waals surface area contributed by atoms with Gasteiger partial charge in [0.05, 0.1) is 5.69 Å². The second kappa shape index (κ2) is 8.12. The van der Waals surface area contributed by atoms with E-state index in [0.717, 1.165) is 63.0 Å². The molecule has 1 fully saturated rings. The van der Waals surface area contributed by atoms with Crippen LogP contribution in [0.15, 0.2) is 24.3 Å². The lowest BCUT2D eigenvalue weighted by Crippen LogP contribution is -2.31. The summed E-state index contributed by atoms with van der Waals surface area (Å²) in [5.74, 6) is -0.174. The number of amides is 2. The van der Waals surface area contributed by atoms with Crippen LogP contribution in [-0.2, 0) is 19.4 Å². The fourth-order valence-electron chi connectivity index (χ4n) is 4.00. The fraction of sp³-hybridized carbons (Fsp3) is 0.476. The molecule has 0 unspecified atom stereocenters. The van der Waals surface area contributed by atoms with Gasteiger partial charge in [-0.2, -0.15) is 0 Å². The van der Waals surface area contributed by atoms with Crippen molar-refractivity contribution in [1.29, 1.82) is 0 Å². The summed E-state index contributed by atoms with van der Waals surface area (Å²) in [5, 5.41) is 2.90. The van der Waals surface area contributed by atoms with Gasteiger partial charge < -0.3 is 14.8 Å². The van der Waals surface area contributed by atoms with Crippen LogP contribution in [0.25, 0.3) is 0 Å². The normalized spacial score (nSPS) is 16.1. The van der Waals surface area contributed by atoms with Gasteiger partial charge in [0.1, 0.15) is 11.5 Å². The number of nitrogens with zero attached hydrogens (tertiary/aromatic N) is 3. The zero-order valence-electron chi connectivity index (χ0n) is 15.9. The standard InChI is InChI=1S/C21H25FN4O2/c22-16-8-6-15(7-9-16)10-11-23-20(27)18-17-5-1-2-14-26(17)19(24-18)21(28)25-12-3-4-13-25/h6-9H,1-5,10-14H2,(H,23,27). The van der Waals surface area contributed by atoms with Crippen LogP contribution in [0.1, 0.15) is 58.0 Å². The van der Waals surface area contributed by atoms with Crippen LogP contribution < -0.4 is 5.32 Å². The summed E-state index contributed by atoms with van der Waals surface area (Å²) in [6.07, 6.45) is 5.42. The molecule has 2 aromatic rings. The summed E-state index contributed by atoms with van der Waals surface area (Å²) < 4.78 is 14.9. The topological polar surface area (TPSA) is 67.2 Å². The molecule has 0 aliphatic carbocycles. The van der Waals surface area contributed by atoms with Crippen molar-refractivity contribution in [2.24, 2.45) is 0 Å². The first-order valence-corrected chi connectivity index (χ1v) is 10.0. The van der Waals surface area contributed by atoms with E-state index in [1.807, 2.05) is 9.47 Å². The van der Waals surface area contributed by atoms with Gasteiger partial charge in [0.25, 0.3) is 11.8 Å². The van der Waals surface area contributed by atoms with Crippen molar-refractivity contribution in [3.63, 3.8) is 0 Å². The molecule has 2 amide bonds. The Labute approximate surface area is 163 Å². The van der Waals surface area contributed by atoms with Crippen LogP contribution in [0.3, 0.4) is 0 Å². The Balaban J connectivity index is 1.47. The van der Waals surface area contributed by atoms with Gasteiger partial charge in [-0.15, -0.1) is 0 Å². The number of benzene rings is 1. The van der Waals surface area contributed by atoms with E-state index in [0.29, 0.717) is 24.5 Å². The van der Waals surface area contributed by atoms with Crippen LogP contribution in [0, 0.1) is 5.82 Å². The number of hydrogen-bond acceptors (Lipinski definition) is 3. The van der Waals surface area contributed by atoms with Gasteiger partial charge in [-0.05, 0) is 56.2 Å². The lowest BCUT2D eigenvalue weighted by Gasteiger charge is -2.19. The number of nitrogens with one attached hydrogen (secondary N) is 1. The molecule has 0 bridgehead atoms. The molecule has 148 valence electrons. The molecule has 28 heavy (non-hydrogen) atoms. The number of halogens is 1. The smallest absolute Gasteiger partial charge is 0.289 e. The zero-order chi connectivity index (χ0) is 19.5. The van der Waals surface area contributed by atoms with E-state index in [1.54, 1.807) is 12.1 Å². The van der Waals surface area contributed by atoms with Crippen LogP contribution in [0.2, 0.25) is 0 Å². The highest BCUT2D eigenvalue weighted by molar-refractivity contribution is 5.97. The number of carbonyl (C=O) groups excluding carboxylic acids is 2. The molecular formula is C21H25FN4O2. The maximum atomic E-state index is 13.0. The van der Waals surface area contributed by atoms with Crippen molar-refractivity contribution in [2.45, 2.75) is 45.1 Å². The highest BCUT2D eigenvalue weighted by Gasteiger charge is 2.30. The second-order valence-electron chi connectivity index (χ2n) is 7.47. The number of hydrogen-bond donors (Lipinski definition) is 1. The third kappa shape index (κ3) is 3.79. The Bertz CT molecular complexity index is 869. The Kier molecular flexibility index (Phi) is 5.41. The minimum Gasteiger partial charge on any atom is -0.350 e. The van der Waals surface area contributed by atoms with Gasteiger partial charge >= 0.3 is 0 Å². The van der Waals surface area contributed by atoms with Crippen molar-refractivity contribution in [2.75, 3.05) is 19.6 Å². The minimum atomic E-state index is -0.271. The average Bonchev–Trinajstić information content (AvgIpc) is 3.37. The first-order valence-electron chi connectivity index (χ1n) is 10.0. The van der Waals surface area contributed by atoms with Gasteiger partial charge in [-0.25, -0.2) is 9.37 Å². The quantitative estimate of drug-likeness (QED) is 0.862. The molecule has 4 rings (SSSR count). The van der Waals surface area contributed by atoms with Gasteiger partial charge in [-0.1, -0.05) is 12.1 Å². The lowest BCUT2D eigenvalue weighted by atomic mass is 10.1. The Morgan fingerprint density at radius 3 is 2.50 bits per heavy atom. The zero-order valence-corrected chi connectivity index (χ0v) is 15.9. The van der Waals surface area contributed by atoms with Gasteiger partial charge in [0.15, 0.2) is 5.82 Å². The van der Waals surface area contributed by atoms with E-state index < -0.39 is 0 Å². The molecular weight excluding hydrogens is 359 g/mol. The molecule has 7 heteroatoms. The van der Waals surface area contributed by atoms with Gasteiger partial charge in [0.2, 0.25) is 0 Å². The highest BCUT2D eigenvalue weighted by atomic mass is 19.1. The van der Waals surface area contributed by atoms with Crippen LogP contribution >= 0.6 is 0 Å². The SMILES string of the molecule is O=C(NCCc1ccc(F)cc1)c1nc(C(=O)N2CCCC2)n2c1CCCC2. The van der Waals surface area contributed by atoms with Gasteiger partial charge in [0, 0.05) is 26.2 Å². The molecule has 1 aromatic heterocycles. The fourth-order valence-corrected chi connectivity index (χ4v) is 4.00. The van der Waals surface area contributed by atoms with Crippen LogP contribution in [0.4, 0.5) is 4.39 Å². The molecule has 0 atom stereocenters. The molecule has 0 spiro atoms. The second-order valence-corrected chi connectivity index (χ2v) is 7.47. The number of fused-ring (bicyclic) bond motifs is 1. The van der Waals surface area contributed by atoms with E-state index in [9.17, 15) is 14.0 Å². The number of carbonyl (C=O) groups is 2. The van der Waals surface area contributed by atoms with E-state index in [-0.39, 0.29) is 17.6 Å².